The number of H-pyrrole nitrogens is 1. The van der Waals surface area contributed by atoms with Gasteiger partial charge in [-0.15, -0.1) is 4.90 Å². The first kappa shape index (κ1) is 34.8. The van der Waals surface area contributed by atoms with Gasteiger partial charge < -0.3 is 28.6 Å². The zero-order chi connectivity index (χ0) is 33.9. The molecule has 4 heterocycles. The number of carbonyl (C=O) groups is 3. The molecule has 2 saturated heterocycles. The van der Waals surface area contributed by atoms with Gasteiger partial charge in [-0.1, -0.05) is 6.92 Å². The van der Waals surface area contributed by atoms with E-state index in [1.165, 1.54) is 0 Å². The third-order valence-corrected chi connectivity index (χ3v) is 8.67. The van der Waals surface area contributed by atoms with Crippen molar-refractivity contribution in [2.24, 2.45) is 5.92 Å². The van der Waals surface area contributed by atoms with E-state index in [4.69, 9.17) is 28.0 Å². The third-order valence-electron chi connectivity index (χ3n) is 6.79. The predicted molar refractivity (Wildman–Crippen MR) is 159 cm³/mol. The number of aliphatic hydroxyl groups excluding tert-OH is 1. The van der Waals surface area contributed by atoms with Crippen molar-refractivity contribution in [3.8, 4) is 0 Å². The average Bonchev–Trinajstić information content (AvgIpc) is 2.85. The number of nitrogens with zero attached hydrogens (tertiary/aromatic N) is 3. The van der Waals surface area contributed by atoms with Gasteiger partial charge in [-0.2, -0.15) is 4.98 Å². The molecule has 3 aliphatic heterocycles. The molecule has 3 aliphatic rings. The Bertz CT molecular complexity index is 1410. The summed E-state index contributed by atoms with van der Waals surface area (Å²) in [6.07, 6.45) is -8.05. The van der Waals surface area contributed by atoms with Crippen molar-refractivity contribution in [1.82, 2.24) is 9.97 Å². The largest absolute Gasteiger partial charge is 0.443 e. The molecule has 252 valence electrons. The third kappa shape index (κ3) is 7.68. The van der Waals surface area contributed by atoms with Crippen molar-refractivity contribution in [1.29, 1.82) is 0 Å². The highest BCUT2D eigenvalue weighted by Gasteiger charge is 2.57. The summed E-state index contributed by atoms with van der Waals surface area (Å²) in [4.78, 5) is 62.2. The van der Waals surface area contributed by atoms with Crippen LogP contribution in [0.15, 0.2) is 4.79 Å². The van der Waals surface area contributed by atoms with Crippen molar-refractivity contribution in [3.05, 3.63) is 15.9 Å². The molecule has 1 aromatic heterocycles. The number of aliphatic hydroxyl groups is 1. The zero-order valence-corrected chi connectivity index (χ0v) is 28.1. The number of rotatable bonds is 2. The number of aromatic amines is 1. The molecule has 4 rings (SSSR count). The Hall–Kier alpha value is -3.04. The monoisotopic (exact) mass is 658 g/mol. The minimum absolute atomic E-state index is 0.0639. The van der Waals surface area contributed by atoms with Crippen LogP contribution >= 0.6 is 7.60 Å². The lowest BCUT2D eigenvalue weighted by atomic mass is 9.82. The quantitative estimate of drug-likeness (QED) is 0.341. The van der Waals surface area contributed by atoms with Crippen molar-refractivity contribution >= 4 is 37.6 Å². The molecule has 6 unspecified atom stereocenters. The number of imide groups is 1. The normalized spacial score (nSPS) is 28.2. The molecule has 2 fully saturated rings. The summed E-state index contributed by atoms with van der Waals surface area (Å²) in [5.74, 6) is -1.81. The molecule has 0 saturated carbocycles. The van der Waals surface area contributed by atoms with Gasteiger partial charge >= 0.3 is 25.9 Å². The average molecular weight is 659 g/mol. The molecule has 0 radical (unpaired) electrons. The molecule has 17 heteroatoms. The molecule has 16 nitrogen and oxygen atoms in total. The Morgan fingerprint density at radius 3 is 2.09 bits per heavy atom. The number of hydrogen-bond donors (Lipinski definition) is 2. The molecule has 3 amide bonds. The zero-order valence-electron chi connectivity index (χ0n) is 27.2. The highest BCUT2D eigenvalue weighted by atomic mass is 31.2. The lowest BCUT2D eigenvalue weighted by molar-refractivity contribution is -0.214. The SMILES string of the molecule is CCP1(=O)OCC2OC3C(Cc4c(nc(N(C(=O)OC(C)(C)C)C(=O)OC(C)(C)C)[nH]c4=O)N3C(=O)OC(C)(C)C)C(O)C2O1. The van der Waals surface area contributed by atoms with Crippen molar-refractivity contribution in [2.45, 2.75) is 117 Å². The van der Waals surface area contributed by atoms with Crippen LogP contribution in [0.25, 0.3) is 0 Å². The van der Waals surface area contributed by atoms with Gasteiger partial charge in [-0.05, 0) is 68.7 Å². The lowest BCUT2D eigenvalue weighted by Crippen LogP contribution is -2.66. The number of fused-ring (bicyclic) bond motifs is 3. The molecular weight excluding hydrogens is 615 g/mol. The van der Waals surface area contributed by atoms with E-state index in [0.717, 1.165) is 4.90 Å². The molecule has 45 heavy (non-hydrogen) atoms. The van der Waals surface area contributed by atoms with Gasteiger partial charge in [0.15, 0.2) is 5.82 Å². The van der Waals surface area contributed by atoms with Gasteiger partial charge in [-0.3, -0.25) is 18.9 Å². The number of aromatic nitrogens is 2. The molecular formula is C28H43N4O12P. The maximum Gasteiger partial charge on any atom is 0.427 e. The van der Waals surface area contributed by atoms with Crippen LogP contribution in [-0.4, -0.2) is 87.5 Å². The van der Waals surface area contributed by atoms with E-state index in [1.807, 2.05) is 0 Å². The van der Waals surface area contributed by atoms with Crippen LogP contribution in [0, 0.1) is 5.92 Å². The smallest absolute Gasteiger partial charge is 0.427 e. The molecule has 6 atom stereocenters. The fourth-order valence-corrected chi connectivity index (χ4v) is 6.38. The van der Waals surface area contributed by atoms with Crippen molar-refractivity contribution in [3.63, 3.8) is 0 Å². The Morgan fingerprint density at radius 2 is 1.58 bits per heavy atom. The molecule has 0 aromatic carbocycles. The summed E-state index contributed by atoms with van der Waals surface area (Å²) >= 11 is 0. The lowest BCUT2D eigenvalue weighted by Gasteiger charge is -2.51. The number of carbonyl (C=O) groups excluding carboxylic acids is 3. The topological polar surface area (TPSA) is 196 Å². The summed E-state index contributed by atoms with van der Waals surface area (Å²) < 4.78 is 46.7. The molecule has 1 aromatic rings. The van der Waals surface area contributed by atoms with E-state index < -0.39 is 84.6 Å². The van der Waals surface area contributed by atoms with Crippen LogP contribution in [0.1, 0.15) is 74.8 Å². The summed E-state index contributed by atoms with van der Waals surface area (Å²) in [6.45, 7) is 15.9. The van der Waals surface area contributed by atoms with Gasteiger partial charge in [0.2, 0.25) is 5.95 Å². The first-order chi connectivity index (χ1) is 20.5. The van der Waals surface area contributed by atoms with E-state index in [2.05, 4.69) is 9.97 Å². The Morgan fingerprint density at radius 1 is 1.02 bits per heavy atom. The fraction of sp³-hybridized carbons (Fsp3) is 0.750. The Balaban J connectivity index is 1.85. The Kier molecular flexibility index (Phi) is 9.25. The summed E-state index contributed by atoms with van der Waals surface area (Å²) in [7, 11) is -3.49. The second-order valence-electron chi connectivity index (χ2n) is 14.1. The second-order valence-corrected chi connectivity index (χ2v) is 16.4. The molecule has 0 spiro atoms. The second kappa shape index (κ2) is 12.0. The minimum Gasteiger partial charge on any atom is -0.443 e. The number of anilines is 2. The molecule has 0 bridgehead atoms. The number of amides is 3. The predicted octanol–water partition coefficient (Wildman–Crippen LogP) is 4.07. The summed E-state index contributed by atoms with van der Waals surface area (Å²) in [5.41, 5.74) is -3.98. The fourth-order valence-electron chi connectivity index (χ4n) is 4.98. The number of ether oxygens (including phenoxy) is 4. The van der Waals surface area contributed by atoms with Gasteiger partial charge in [0.05, 0.1) is 18.3 Å². The van der Waals surface area contributed by atoms with Gasteiger partial charge in [0.25, 0.3) is 5.56 Å². The standard InChI is InChI=1S/C28H43N4O12P/c1-11-45(38)39-13-16-18(44-45)17(33)14-12-15-19(31(21(14)40-16)23(35)41-26(2,3)4)29-22(30-20(15)34)32(24(36)42-27(5,6)7)25(37)43-28(8,9)10/h14,16-18,21,33H,11-13H2,1-10H3,(H,29,30,34). The maximum atomic E-state index is 13.8. The van der Waals surface area contributed by atoms with Crippen molar-refractivity contribution < 1.29 is 52.1 Å². The van der Waals surface area contributed by atoms with E-state index in [9.17, 15) is 28.8 Å². The van der Waals surface area contributed by atoms with E-state index in [0.29, 0.717) is 4.90 Å². The van der Waals surface area contributed by atoms with Crippen LogP contribution in [0.5, 0.6) is 0 Å². The maximum absolute atomic E-state index is 13.8. The highest BCUT2D eigenvalue weighted by Crippen LogP contribution is 2.55. The first-order valence-electron chi connectivity index (χ1n) is 14.7. The van der Waals surface area contributed by atoms with Crippen LogP contribution in [-0.2, 0) is 39.0 Å². The number of nitrogens with one attached hydrogen (secondary N) is 1. The van der Waals surface area contributed by atoms with E-state index in [-0.39, 0.29) is 30.6 Å². The van der Waals surface area contributed by atoms with Crippen LogP contribution < -0.4 is 15.4 Å². The summed E-state index contributed by atoms with van der Waals surface area (Å²) in [5, 5.41) is 11.5. The number of hydrogen-bond acceptors (Lipinski definition) is 13. The first-order valence-corrected chi connectivity index (χ1v) is 16.4. The van der Waals surface area contributed by atoms with E-state index in [1.54, 1.807) is 69.2 Å². The minimum atomic E-state index is -3.49. The van der Waals surface area contributed by atoms with Crippen LogP contribution in [0.3, 0.4) is 0 Å². The van der Waals surface area contributed by atoms with Crippen molar-refractivity contribution in [2.75, 3.05) is 22.6 Å². The molecule has 0 aliphatic carbocycles. The Labute approximate surface area is 261 Å². The highest BCUT2D eigenvalue weighted by molar-refractivity contribution is 7.53. The van der Waals surface area contributed by atoms with Crippen LogP contribution in [0.4, 0.5) is 26.1 Å². The van der Waals surface area contributed by atoms with Gasteiger partial charge in [0.1, 0.15) is 35.2 Å². The summed E-state index contributed by atoms with van der Waals surface area (Å²) in [6, 6.07) is 0. The van der Waals surface area contributed by atoms with E-state index >= 15 is 0 Å². The van der Waals surface area contributed by atoms with Crippen LogP contribution in [0.2, 0.25) is 0 Å². The van der Waals surface area contributed by atoms with Gasteiger partial charge in [0, 0.05) is 12.1 Å². The van der Waals surface area contributed by atoms with Gasteiger partial charge in [-0.25, -0.2) is 19.3 Å². The molecule has 2 N–H and O–H groups in total.